The molecule has 3 amide bonds. The molecule has 3 fully saturated rings. The Labute approximate surface area is 208 Å². The maximum Gasteiger partial charge on any atom is 0.272 e. The van der Waals surface area contributed by atoms with E-state index in [4.69, 9.17) is 17.3 Å². The van der Waals surface area contributed by atoms with Gasteiger partial charge in [-0.2, -0.15) is 0 Å². The first-order valence-electron chi connectivity index (χ1n) is 11.9. The number of nitrogens with zero attached hydrogens (tertiary/aromatic N) is 4. The first-order valence-corrected chi connectivity index (χ1v) is 12.2. The van der Waals surface area contributed by atoms with Gasteiger partial charge in [-0.1, -0.05) is 35.9 Å². The number of aromatic nitrogens is 1. The SMILES string of the molecule is Nc1ccccc1/C(=N\CC(=O)N1[C@@H]2CC[C@@H](C2)[C@H]1C(=O)Nc1cccc(Cl)n1)C(=O)N1CCC1. The van der Waals surface area contributed by atoms with E-state index in [1.165, 1.54) is 0 Å². The fourth-order valence-corrected chi connectivity index (χ4v) is 5.40. The van der Waals surface area contributed by atoms with E-state index in [2.05, 4.69) is 15.3 Å². The van der Waals surface area contributed by atoms with E-state index in [0.717, 1.165) is 25.7 Å². The van der Waals surface area contributed by atoms with Gasteiger partial charge in [0, 0.05) is 30.4 Å². The van der Waals surface area contributed by atoms with Crippen molar-refractivity contribution in [3.05, 3.63) is 53.2 Å². The molecule has 1 aromatic heterocycles. The average molecular weight is 495 g/mol. The molecule has 1 saturated carbocycles. The van der Waals surface area contributed by atoms with Crippen LogP contribution >= 0.6 is 11.6 Å². The number of nitrogens with one attached hydrogen (secondary N) is 1. The highest BCUT2D eigenvalue weighted by Crippen LogP contribution is 2.43. The largest absolute Gasteiger partial charge is 0.398 e. The Morgan fingerprint density at radius 1 is 1.11 bits per heavy atom. The second-order valence-corrected chi connectivity index (χ2v) is 9.59. The van der Waals surface area contributed by atoms with Crippen LogP contribution in [0.1, 0.15) is 31.2 Å². The van der Waals surface area contributed by atoms with Crippen molar-refractivity contribution in [1.82, 2.24) is 14.8 Å². The molecule has 3 aliphatic rings. The molecule has 3 atom stereocenters. The van der Waals surface area contributed by atoms with Crippen molar-refractivity contribution in [2.75, 3.05) is 30.7 Å². The molecular weight excluding hydrogens is 468 g/mol. The fourth-order valence-electron chi connectivity index (χ4n) is 5.24. The van der Waals surface area contributed by atoms with Crippen molar-refractivity contribution < 1.29 is 14.4 Å². The number of nitrogen functional groups attached to an aromatic ring is 1. The summed E-state index contributed by atoms with van der Waals surface area (Å²) in [5.74, 6) is -0.365. The van der Waals surface area contributed by atoms with Crippen LogP contribution in [0, 0.1) is 5.92 Å². The highest BCUT2D eigenvalue weighted by Gasteiger charge is 2.51. The number of nitrogens with two attached hydrogens (primary N) is 1. The van der Waals surface area contributed by atoms with Crippen LogP contribution in [0.25, 0.3) is 0 Å². The Morgan fingerprint density at radius 2 is 1.91 bits per heavy atom. The summed E-state index contributed by atoms with van der Waals surface area (Å²) in [6.45, 7) is 1.09. The van der Waals surface area contributed by atoms with E-state index in [1.807, 2.05) is 0 Å². The molecule has 2 bridgehead atoms. The number of carbonyl (C=O) groups excluding carboxylic acids is 3. The van der Waals surface area contributed by atoms with Gasteiger partial charge in [0.2, 0.25) is 11.8 Å². The molecule has 1 aromatic carbocycles. The van der Waals surface area contributed by atoms with Crippen molar-refractivity contribution in [2.24, 2.45) is 10.9 Å². The zero-order chi connectivity index (χ0) is 24.5. The number of fused-ring (bicyclic) bond motifs is 2. The number of piperidine rings is 1. The van der Waals surface area contributed by atoms with Gasteiger partial charge in [0.25, 0.3) is 5.91 Å². The molecular formula is C25H27ClN6O3. The van der Waals surface area contributed by atoms with Gasteiger partial charge < -0.3 is 20.9 Å². The van der Waals surface area contributed by atoms with E-state index in [-0.39, 0.29) is 47.1 Å². The number of para-hydroxylation sites is 1. The van der Waals surface area contributed by atoms with Crippen molar-refractivity contribution in [3.8, 4) is 0 Å². The normalized spacial score (nSPS) is 23.2. The lowest BCUT2D eigenvalue weighted by Crippen LogP contribution is -2.52. The number of benzene rings is 1. The van der Waals surface area contributed by atoms with Crippen LogP contribution in [0.4, 0.5) is 11.5 Å². The molecule has 0 spiro atoms. The first kappa shape index (κ1) is 23.3. The Kier molecular flexibility index (Phi) is 6.42. The smallest absolute Gasteiger partial charge is 0.272 e. The summed E-state index contributed by atoms with van der Waals surface area (Å²) in [6, 6.07) is 11.4. The molecule has 0 radical (unpaired) electrons. The minimum atomic E-state index is -0.603. The number of hydrogen-bond donors (Lipinski definition) is 2. The van der Waals surface area contributed by atoms with Gasteiger partial charge in [0.1, 0.15) is 29.3 Å². The zero-order valence-corrected chi connectivity index (χ0v) is 19.9. The second kappa shape index (κ2) is 9.65. The quantitative estimate of drug-likeness (QED) is 0.363. The van der Waals surface area contributed by atoms with Gasteiger partial charge in [0.05, 0.1) is 0 Å². The minimum Gasteiger partial charge on any atom is -0.398 e. The van der Waals surface area contributed by atoms with Crippen molar-refractivity contribution in [3.63, 3.8) is 0 Å². The fraction of sp³-hybridized carbons (Fsp3) is 0.400. The third-order valence-electron chi connectivity index (χ3n) is 7.04. The van der Waals surface area contributed by atoms with Crippen LogP contribution in [0.3, 0.4) is 0 Å². The zero-order valence-electron chi connectivity index (χ0n) is 19.2. The van der Waals surface area contributed by atoms with Gasteiger partial charge >= 0.3 is 0 Å². The molecule has 35 heavy (non-hydrogen) atoms. The minimum absolute atomic E-state index is 0.0119. The van der Waals surface area contributed by atoms with Crippen LogP contribution < -0.4 is 11.1 Å². The predicted octanol–water partition coefficient (Wildman–Crippen LogP) is 2.36. The second-order valence-electron chi connectivity index (χ2n) is 9.21. The molecule has 3 N–H and O–H groups in total. The molecule has 5 rings (SSSR count). The van der Waals surface area contributed by atoms with E-state index in [1.54, 1.807) is 52.3 Å². The highest BCUT2D eigenvalue weighted by molar-refractivity contribution is 6.46. The Morgan fingerprint density at radius 3 is 2.63 bits per heavy atom. The molecule has 182 valence electrons. The van der Waals surface area contributed by atoms with Crippen LogP contribution in [0.5, 0.6) is 0 Å². The Balaban J connectivity index is 1.37. The van der Waals surface area contributed by atoms with E-state index < -0.39 is 6.04 Å². The number of hydrogen-bond acceptors (Lipinski definition) is 6. The third-order valence-corrected chi connectivity index (χ3v) is 7.25. The predicted molar refractivity (Wildman–Crippen MR) is 133 cm³/mol. The average Bonchev–Trinajstić information content (AvgIpc) is 3.41. The van der Waals surface area contributed by atoms with E-state index in [9.17, 15) is 14.4 Å². The van der Waals surface area contributed by atoms with Crippen LogP contribution in [0.2, 0.25) is 5.15 Å². The molecule has 0 unspecified atom stereocenters. The lowest BCUT2D eigenvalue weighted by molar-refractivity contribution is -0.139. The number of aliphatic imine (C=N–C) groups is 1. The Hall–Kier alpha value is -3.46. The lowest BCUT2D eigenvalue weighted by Gasteiger charge is -2.34. The highest BCUT2D eigenvalue weighted by atomic mass is 35.5. The molecule has 10 heteroatoms. The van der Waals surface area contributed by atoms with Gasteiger partial charge in [-0.05, 0) is 49.8 Å². The first-order chi connectivity index (χ1) is 16.9. The van der Waals surface area contributed by atoms with Crippen LogP contribution in [0.15, 0.2) is 47.5 Å². The monoisotopic (exact) mass is 494 g/mol. The van der Waals surface area contributed by atoms with Crippen molar-refractivity contribution in [1.29, 1.82) is 0 Å². The summed E-state index contributed by atoms with van der Waals surface area (Å²) in [5.41, 5.74) is 7.26. The summed E-state index contributed by atoms with van der Waals surface area (Å²) in [6.07, 6.45) is 3.46. The number of carbonyl (C=O) groups is 3. The summed E-state index contributed by atoms with van der Waals surface area (Å²) < 4.78 is 0. The van der Waals surface area contributed by atoms with Crippen molar-refractivity contribution in [2.45, 2.75) is 37.8 Å². The molecule has 2 aromatic rings. The third kappa shape index (κ3) is 4.60. The van der Waals surface area contributed by atoms with Gasteiger partial charge in [-0.25, -0.2) is 4.98 Å². The maximum absolute atomic E-state index is 13.4. The standard InChI is InChI=1S/C25H27ClN6O3/c26-19-7-3-8-20(29-19)30-24(34)23-15-9-10-16(13-15)32(23)21(33)14-28-22(25(35)31-11-4-12-31)17-5-1-2-6-18(17)27/h1-3,5-8,15-16,23H,4,9-14,27H2,(H,29,30,34)/b28-22+/t15-,16+,23-/m0/s1. The van der Waals surface area contributed by atoms with Crippen LogP contribution in [-0.4, -0.2) is 69.9 Å². The molecule has 1 aliphatic carbocycles. The topological polar surface area (TPSA) is 121 Å². The van der Waals surface area contributed by atoms with Gasteiger partial charge in [-0.3, -0.25) is 19.4 Å². The van der Waals surface area contributed by atoms with Gasteiger partial charge in [0.15, 0.2) is 0 Å². The summed E-state index contributed by atoms with van der Waals surface area (Å²) in [7, 11) is 0. The summed E-state index contributed by atoms with van der Waals surface area (Å²) in [4.78, 5) is 51.6. The molecule has 9 nitrogen and oxygen atoms in total. The van der Waals surface area contributed by atoms with Crippen molar-refractivity contribution >= 4 is 46.5 Å². The maximum atomic E-state index is 13.4. The van der Waals surface area contributed by atoms with Gasteiger partial charge in [-0.15, -0.1) is 0 Å². The number of rotatable bonds is 6. The summed E-state index contributed by atoms with van der Waals surface area (Å²) in [5, 5.41) is 3.07. The lowest BCUT2D eigenvalue weighted by atomic mass is 9.97. The number of likely N-dealkylation sites (tertiary alicyclic amines) is 2. The van der Waals surface area contributed by atoms with E-state index in [0.29, 0.717) is 30.2 Å². The Bertz CT molecular complexity index is 1200. The molecule has 2 aliphatic heterocycles. The van der Waals surface area contributed by atoms with Crippen LogP contribution in [-0.2, 0) is 14.4 Å². The number of anilines is 2. The molecule has 3 heterocycles. The number of pyridine rings is 1. The number of amides is 3. The number of halogens is 1. The molecule has 2 saturated heterocycles. The van der Waals surface area contributed by atoms with E-state index >= 15 is 0 Å². The summed E-state index contributed by atoms with van der Waals surface area (Å²) >= 11 is 5.94.